The Balaban J connectivity index is 1.29. The van der Waals surface area contributed by atoms with Crippen LogP contribution in [0.3, 0.4) is 0 Å². The van der Waals surface area contributed by atoms with Gasteiger partial charge in [0.05, 0.1) is 13.0 Å². The lowest BCUT2D eigenvalue weighted by molar-refractivity contribution is -0.146. The molecule has 3 aliphatic rings. The van der Waals surface area contributed by atoms with Gasteiger partial charge in [0.25, 0.3) is 0 Å². The highest BCUT2D eigenvalue weighted by Gasteiger charge is 2.53. The van der Waals surface area contributed by atoms with Crippen molar-refractivity contribution in [2.24, 2.45) is 11.3 Å². The van der Waals surface area contributed by atoms with Gasteiger partial charge >= 0.3 is 5.97 Å². The molecule has 0 atom stereocenters. The van der Waals surface area contributed by atoms with Gasteiger partial charge in [0, 0.05) is 24.4 Å². The molecule has 2 saturated carbocycles. The van der Waals surface area contributed by atoms with Crippen LogP contribution in [0.5, 0.6) is 0 Å². The summed E-state index contributed by atoms with van der Waals surface area (Å²) in [7, 11) is 1.94. The van der Waals surface area contributed by atoms with Crippen LogP contribution in [-0.4, -0.2) is 36.5 Å². The minimum Gasteiger partial charge on any atom is -0.465 e. The molecule has 0 bridgehead atoms. The highest BCUT2D eigenvalue weighted by atomic mass is 16.5. The highest BCUT2D eigenvalue weighted by molar-refractivity contribution is 5.81. The van der Waals surface area contributed by atoms with Crippen molar-refractivity contribution in [1.29, 1.82) is 0 Å². The van der Waals surface area contributed by atoms with Gasteiger partial charge in [0.2, 0.25) is 5.91 Å². The molecule has 1 spiro atoms. The molecule has 4 heteroatoms. The average molecular weight is 313 g/mol. The van der Waals surface area contributed by atoms with Crippen LogP contribution in [0, 0.1) is 11.3 Å². The monoisotopic (exact) mass is 313 g/mol. The predicted octanol–water partition coefficient (Wildman–Crippen LogP) is 2.73. The lowest BCUT2D eigenvalue weighted by Gasteiger charge is -2.47. The SMILES string of the molecule is CN(C(=O)C1CC2(COC(=O)C2)C1)C1CC(c2ccccc2)C1. The van der Waals surface area contributed by atoms with Crippen LogP contribution in [0.15, 0.2) is 30.3 Å². The fourth-order valence-corrected chi connectivity index (χ4v) is 4.43. The fourth-order valence-electron chi connectivity index (χ4n) is 4.43. The number of hydrogen-bond acceptors (Lipinski definition) is 3. The Morgan fingerprint density at radius 2 is 1.91 bits per heavy atom. The van der Waals surface area contributed by atoms with Gasteiger partial charge in [-0.2, -0.15) is 0 Å². The second-order valence-electron chi connectivity index (χ2n) is 7.62. The van der Waals surface area contributed by atoms with Crippen molar-refractivity contribution in [1.82, 2.24) is 4.90 Å². The van der Waals surface area contributed by atoms with E-state index in [1.54, 1.807) is 0 Å². The fraction of sp³-hybridized carbons (Fsp3) is 0.579. The molecule has 1 amide bonds. The van der Waals surface area contributed by atoms with Crippen molar-refractivity contribution in [3.8, 4) is 0 Å². The van der Waals surface area contributed by atoms with Crippen molar-refractivity contribution in [2.75, 3.05) is 13.7 Å². The van der Waals surface area contributed by atoms with Gasteiger partial charge in [-0.1, -0.05) is 30.3 Å². The van der Waals surface area contributed by atoms with Gasteiger partial charge in [-0.05, 0) is 37.2 Å². The van der Waals surface area contributed by atoms with E-state index in [1.165, 1.54) is 5.56 Å². The normalized spacial score (nSPS) is 35.3. The van der Waals surface area contributed by atoms with Gasteiger partial charge in [0.15, 0.2) is 0 Å². The highest BCUT2D eigenvalue weighted by Crippen LogP contribution is 2.52. The van der Waals surface area contributed by atoms with E-state index in [9.17, 15) is 9.59 Å². The first-order chi connectivity index (χ1) is 11.1. The zero-order valence-electron chi connectivity index (χ0n) is 13.5. The standard InChI is InChI=1S/C19H23NO3/c1-20(16-7-14(8-16)13-5-3-2-4-6-13)18(22)15-9-19(10-15)11-17(21)23-12-19/h2-6,14-16H,7-12H2,1H3. The molecule has 23 heavy (non-hydrogen) atoms. The van der Waals surface area contributed by atoms with E-state index in [2.05, 4.69) is 24.3 Å². The Morgan fingerprint density at radius 1 is 1.22 bits per heavy atom. The number of cyclic esters (lactones) is 1. The van der Waals surface area contributed by atoms with Gasteiger partial charge < -0.3 is 9.64 Å². The van der Waals surface area contributed by atoms with E-state index in [4.69, 9.17) is 4.74 Å². The molecule has 0 unspecified atom stereocenters. The predicted molar refractivity (Wildman–Crippen MR) is 85.7 cm³/mol. The van der Waals surface area contributed by atoms with Crippen LogP contribution >= 0.6 is 0 Å². The van der Waals surface area contributed by atoms with Gasteiger partial charge in [-0.25, -0.2) is 0 Å². The van der Waals surface area contributed by atoms with Crippen molar-refractivity contribution in [2.45, 2.75) is 44.1 Å². The second-order valence-corrected chi connectivity index (χ2v) is 7.62. The molecule has 1 saturated heterocycles. The number of hydrogen-bond donors (Lipinski definition) is 0. The smallest absolute Gasteiger partial charge is 0.306 e. The molecule has 0 aromatic heterocycles. The van der Waals surface area contributed by atoms with Crippen LogP contribution < -0.4 is 0 Å². The maximum absolute atomic E-state index is 12.6. The van der Waals surface area contributed by atoms with E-state index in [1.807, 2.05) is 18.0 Å². The molecular formula is C19H23NO3. The van der Waals surface area contributed by atoms with Crippen molar-refractivity contribution in [3.05, 3.63) is 35.9 Å². The summed E-state index contributed by atoms with van der Waals surface area (Å²) in [5, 5.41) is 0. The first kappa shape index (κ1) is 14.7. The summed E-state index contributed by atoms with van der Waals surface area (Å²) in [5.74, 6) is 0.829. The summed E-state index contributed by atoms with van der Waals surface area (Å²) in [4.78, 5) is 25.9. The third-order valence-corrected chi connectivity index (χ3v) is 6.05. The van der Waals surface area contributed by atoms with E-state index < -0.39 is 0 Å². The van der Waals surface area contributed by atoms with E-state index in [-0.39, 0.29) is 23.2 Å². The van der Waals surface area contributed by atoms with Crippen molar-refractivity contribution < 1.29 is 14.3 Å². The quantitative estimate of drug-likeness (QED) is 0.806. The van der Waals surface area contributed by atoms with Crippen LogP contribution in [0.25, 0.3) is 0 Å². The molecule has 3 fully saturated rings. The van der Waals surface area contributed by atoms with Gasteiger partial charge in [-0.3, -0.25) is 9.59 Å². The number of ether oxygens (including phenoxy) is 1. The molecule has 122 valence electrons. The van der Waals surface area contributed by atoms with Crippen molar-refractivity contribution in [3.63, 3.8) is 0 Å². The summed E-state index contributed by atoms with van der Waals surface area (Å²) < 4.78 is 5.08. The molecule has 0 radical (unpaired) electrons. The molecule has 1 heterocycles. The first-order valence-corrected chi connectivity index (χ1v) is 8.54. The summed E-state index contributed by atoms with van der Waals surface area (Å²) in [5.41, 5.74) is 1.36. The summed E-state index contributed by atoms with van der Waals surface area (Å²) in [6.07, 6.45) is 4.25. The number of nitrogens with zero attached hydrogens (tertiary/aromatic N) is 1. The molecule has 4 nitrogen and oxygen atoms in total. The minimum absolute atomic E-state index is 0.0234. The molecular weight excluding hydrogens is 290 g/mol. The molecule has 2 aliphatic carbocycles. The van der Waals surface area contributed by atoms with Crippen LogP contribution in [0.2, 0.25) is 0 Å². The lowest BCUT2D eigenvalue weighted by Crippen LogP contribution is -2.51. The van der Waals surface area contributed by atoms with E-state index >= 15 is 0 Å². The lowest BCUT2D eigenvalue weighted by atomic mass is 9.61. The van der Waals surface area contributed by atoms with Gasteiger partial charge in [0.1, 0.15) is 0 Å². The summed E-state index contributed by atoms with van der Waals surface area (Å²) in [6.45, 7) is 0.513. The molecule has 1 aromatic carbocycles. The summed E-state index contributed by atoms with van der Waals surface area (Å²) in [6, 6.07) is 10.9. The number of carbonyl (C=O) groups is 2. The number of benzene rings is 1. The maximum atomic E-state index is 12.6. The van der Waals surface area contributed by atoms with Gasteiger partial charge in [-0.15, -0.1) is 0 Å². The first-order valence-electron chi connectivity index (χ1n) is 8.54. The van der Waals surface area contributed by atoms with Crippen molar-refractivity contribution >= 4 is 11.9 Å². The number of rotatable bonds is 3. The van der Waals surface area contributed by atoms with Crippen LogP contribution in [0.1, 0.15) is 43.6 Å². The molecule has 1 aliphatic heterocycles. The number of carbonyl (C=O) groups excluding carboxylic acids is 2. The maximum Gasteiger partial charge on any atom is 0.306 e. The van der Waals surface area contributed by atoms with Crippen LogP contribution in [-0.2, 0) is 14.3 Å². The average Bonchev–Trinajstić information content (AvgIpc) is 2.87. The molecule has 4 rings (SSSR count). The number of esters is 1. The van der Waals surface area contributed by atoms with E-state index in [0.717, 1.165) is 25.7 Å². The minimum atomic E-state index is -0.103. The zero-order chi connectivity index (χ0) is 16.0. The topological polar surface area (TPSA) is 46.6 Å². The van der Waals surface area contributed by atoms with Crippen LogP contribution in [0.4, 0.5) is 0 Å². The largest absolute Gasteiger partial charge is 0.465 e. The second kappa shape index (κ2) is 5.36. The Kier molecular flexibility index (Phi) is 3.43. The number of amides is 1. The molecule has 1 aromatic rings. The van der Waals surface area contributed by atoms with E-state index in [0.29, 0.717) is 25.0 Å². The Morgan fingerprint density at radius 3 is 2.52 bits per heavy atom. The Bertz CT molecular complexity index is 615. The molecule has 0 N–H and O–H groups in total. The third-order valence-electron chi connectivity index (χ3n) is 6.05. The third kappa shape index (κ3) is 2.54. The summed E-state index contributed by atoms with van der Waals surface area (Å²) >= 11 is 0. The Labute approximate surface area is 136 Å². The Hall–Kier alpha value is -1.84. The zero-order valence-corrected chi connectivity index (χ0v) is 13.5.